The van der Waals surface area contributed by atoms with E-state index in [-0.39, 0.29) is 82.3 Å². The highest BCUT2D eigenvalue weighted by Crippen LogP contribution is 2.65. The zero-order valence-corrected chi connectivity index (χ0v) is 37.5. The van der Waals surface area contributed by atoms with Crippen LogP contribution in [0.1, 0.15) is 52.9 Å². The Bertz CT molecular complexity index is 1900. The fourth-order valence-electron chi connectivity index (χ4n) is 13.5. The number of fused-ring (bicyclic) bond motifs is 10. The summed E-state index contributed by atoms with van der Waals surface area (Å²) in [7, 11) is -10.9. The second kappa shape index (κ2) is 12.5. The largest absolute Gasteiger partial charge is 0.447 e. The van der Waals surface area contributed by atoms with E-state index >= 15 is 0 Å². The van der Waals surface area contributed by atoms with Crippen molar-refractivity contribution in [3.8, 4) is 0 Å². The number of esters is 4. The van der Waals surface area contributed by atoms with Gasteiger partial charge in [-0.05, 0) is 137 Å². The van der Waals surface area contributed by atoms with Gasteiger partial charge < -0.3 is 22.4 Å². The molecule has 3 heterocycles. The molecular formula is C42H56O9Si4. The number of carbonyl (C=O) groups is 4. The highest BCUT2D eigenvalue weighted by molar-refractivity contribution is 7.04. The van der Waals surface area contributed by atoms with Gasteiger partial charge in [0, 0.05) is 0 Å². The van der Waals surface area contributed by atoms with Crippen LogP contribution in [0.4, 0.5) is 0 Å². The molecule has 4 bridgehead atoms. The van der Waals surface area contributed by atoms with Crippen LogP contribution >= 0.6 is 0 Å². The van der Waals surface area contributed by atoms with E-state index in [1.54, 1.807) is 0 Å². The average Bonchev–Trinajstić information content (AvgIpc) is 3.99. The Balaban J connectivity index is 1.05. The Labute approximate surface area is 329 Å². The number of hydrogen-bond acceptors (Lipinski definition) is 9. The van der Waals surface area contributed by atoms with Crippen molar-refractivity contribution in [2.24, 2.45) is 47.3 Å². The molecule has 0 aromatic heterocycles. The Morgan fingerprint density at radius 1 is 0.673 bits per heavy atom. The van der Waals surface area contributed by atoms with Crippen molar-refractivity contribution in [3.63, 3.8) is 0 Å². The zero-order valence-electron chi connectivity index (χ0n) is 33.5. The Kier molecular flexibility index (Phi) is 8.63. The van der Waals surface area contributed by atoms with Crippen LogP contribution in [0.2, 0.25) is 49.9 Å². The SMILES string of the molecule is CC1(O[Si](C)(C)C2CC3CC2C2C(=O)OC(=O)C32)CC[Si]1(C)OC(C)(C)[Si](O[Si](C)(C)C1CC2CC1C1C(=O)OC(=O)C21)(c1ccccc1)c1ccccc1. The van der Waals surface area contributed by atoms with Crippen LogP contribution in [0.15, 0.2) is 60.7 Å². The van der Waals surface area contributed by atoms with Crippen molar-refractivity contribution in [3.05, 3.63) is 60.7 Å². The Hall–Kier alpha value is -2.53. The molecule has 4 saturated carbocycles. The van der Waals surface area contributed by atoms with E-state index in [0.717, 1.165) is 48.5 Å². The molecule has 0 amide bonds. The summed E-state index contributed by atoms with van der Waals surface area (Å²) in [5, 5.41) is 1.16. The molecule has 9 rings (SSSR count). The van der Waals surface area contributed by atoms with Gasteiger partial charge in [0.15, 0.2) is 16.6 Å². The Morgan fingerprint density at radius 3 is 1.55 bits per heavy atom. The molecule has 7 aliphatic rings. The predicted octanol–water partition coefficient (Wildman–Crippen LogP) is 6.25. The van der Waals surface area contributed by atoms with Crippen LogP contribution < -0.4 is 10.4 Å². The third kappa shape index (κ3) is 5.42. The van der Waals surface area contributed by atoms with E-state index < -0.39 is 43.7 Å². The monoisotopic (exact) mass is 816 g/mol. The first-order valence-electron chi connectivity index (χ1n) is 20.6. The summed E-state index contributed by atoms with van der Waals surface area (Å²) in [6.07, 6.45) is 4.53. The molecule has 3 aliphatic heterocycles. The zero-order chi connectivity index (χ0) is 39.1. The van der Waals surface area contributed by atoms with Crippen LogP contribution in [0.25, 0.3) is 0 Å². The van der Waals surface area contributed by atoms with Crippen molar-refractivity contribution < 1.29 is 41.6 Å². The van der Waals surface area contributed by atoms with Crippen LogP contribution in [0.5, 0.6) is 0 Å². The van der Waals surface area contributed by atoms with Crippen LogP contribution in [-0.2, 0) is 41.6 Å². The number of cyclic esters (lactones) is 4. The Morgan fingerprint density at radius 2 is 1.11 bits per heavy atom. The molecule has 7 fully saturated rings. The number of benzene rings is 2. The third-order valence-electron chi connectivity index (χ3n) is 16.1. The molecular weight excluding hydrogens is 761 g/mol. The number of hydrogen-bond donors (Lipinski definition) is 0. The fourth-order valence-corrected chi connectivity index (χ4v) is 34.1. The second-order valence-corrected chi connectivity index (χ2v) is 36.8. The number of carbonyl (C=O) groups excluding carboxylic acids is 4. The van der Waals surface area contributed by atoms with E-state index in [0.29, 0.717) is 0 Å². The maximum atomic E-state index is 13.1. The van der Waals surface area contributed by atoms with E-state index in [4.69, 9.17) is 22.4 Å². The van der Waals surface area contributed by atoms with E-state index in [9.17, 15) is 19.2 Å². The first-order valence-corrected chi connectivity index (χ1v) is 31.0. The number of ether oxygens (including phenoxy) is 2. The summed E-state index contributed by atoms with van der Waals surface area (Å²) >= 11 is 0. The van der Waals surface area contributed by atoms with Gasteiger partial charge in [0.2, 0.25) is 8.32 Å². The molecule has 9 nitrogen and oxygen atoms in total. The summed E-state index contributed by atoms with van der Waals surface area (Å²) in [6, 6.07) is 22.4. The first kappa shape index (κ1) is 38.0. The van der Waals surface area contributed by atoms with Gasteiger partial charge in [-0.25, -0.2) is 0 Å². The smallest absolute Gasteiger partial charge is 0.317 e. The lowest BCUT2D eigenvalue weighted by molar-refractivity contribution is -0.156. The maximum absolute atomic E-state index is 13.1. The molecule has 12 atom stereocenters. The van der Waals surface area contributed by atoms with Crippen molar-refractivity contribution in [2.75, 3.05) is 0 Å². The molecule has 55 heavy (non-hydrogen) atoms. The molecule has 0 spiro atoms. The van der Waals surface area contributed by atoms with Crippen molar-refractivity contribution in [1.29, 1.82) is 0 Å². The minimum atomic E-state index is -3.29. The molecule has 294 valence electrons. The maximum Gasteiger partial charge on any atom is 0.317 e. The highest BCUT2D eigenvalue weighted by atomic mass is 28.4. The molecule has 12 unspecified atom stereocenters. The predicted molar refractivity (Wildman–Crippen MR) is 216 cm³/mol. The molecule has 3 saturated heterocycles. The standard InChI is InChI=1S/C42H56O9Si4/c1-41(2,49-54(8)20-19-42(54,3)50-52(4,5)31-23-25-21-29(31)35-33(25)37(43)47-39(35)45)55(27-15-11-9-12-16-27,28-17-13-10-14-18-28)51-53(6,7)32-24-26-22-30(32)36-34(26)38(44)48-40(36)46/h9-18,25-26,29-36H,19-24H2,1-8H3. The minimum absolute atomic E-state index is 0.0886. The van der Waals surface area contributed by atoms with E-state index in [2.05, 4.69) is 114 Å². The molecule has 4 aliphatic carbocycles. The molecule has 0 N–H and O–H groups in total. The van der Waals surface area contributed by atoms with Crippen LogP contribution in [0.3, 0.4) is 0 Å². The summed E-state index contributed by atoms with van der Waals surface area (Å²) in [5.41, 5.74) is 0.491. The lowest BCUT2D eigenvalue weighted by Crippen LogP contribution is -2.81. The molecule has 13 heteroatoms. The second-order valence-electron chi connectivity index (χ2n) is 20.0. The summed E-state index contributed by atoms with van der Waals surface area (Å²) in [6.45, 7) is 18.4. The van der Waals surface area contributed by atoms with E-state index in [1.165, 1.54) is 0 Å². The lowest BCUT2D eigenvalue weighted by atomic mass is 9.81. The first-order chi connectivity index (χ1) is 25.8. The van der Waals surface area contributed by atoms with Crippen molar-refractivity contribution >= 4 is 67.5 Å². The summed E-state index contributed by atoms with van der Waals surface area (Å²) in [4.78, 5) is 51.2. The minimum Gasteiger partial charge on any atom is -0.447 e. The van der Waals surface area contributed by atoms with Gasteiger partial charge in [-0.15, -0.1) is 0 Å². The van der Waals surface area contributed by atoms with Crippen LogP contribution in [-0.4, -0.2) is 67.6 Å². The lowest BCUT2D eigenvalue weighted by Gasteiger charge is -2.61. The van der Waals surface area contributed by atoms with Crippen molar-refractivity contribution in [1.82, 2.24) is 0 Å². The van der Waals surface area contributed by atoms with Crippen molar-refractivity contribution in [2.45, 2.75) is 113 Å². The normalized spacial score (nSPS) is 39.3. The van der Waals surface area contributed by atoms with Gasteiger partial charge in [-0.2, -0.15) is 0 Å². The van der Waals surface area contributed by atoms with Gasteiger partial charge >= 0.3 is 23.9 Å². The van der Waals surface area contributed by atoms with E-state index in [1.807, 2.05) is 0 Å². The van der Waals surface area contributed by atoms with Gasteiger partial charge in [-0.1, -0.05) is 60.7 Å². The average molecular weight is 817 g/mol. The fraction of sp³-hybridized carbons (Fsp3) is 0.619. The van der Waals surface area contributed by atoms with Gasteiger partial charge in [0.05, 0.1) is 34.1 Å². The quantitative estimate of drug-likeness (QED) is 0.148. The third-order valence-corrected chi connectivity index (χ3v) is 34.5. The summed E-state index contributed by atoms with van der Waals surface area (Å²) < 4.78 is 33.8. The molecule has 2 aromatic carbocycles. The topological polar surface area (TPSA) is 114 Å². The molecule has 2 aromatic rings. The van der Waals surface area contributed by atoms with Gasteiger partial charge in [0.25, 0.3) is 8.32 Å². The molecule has 0 radical (unpaired) electrons. The van der Waals surface area contributed by atoms with Gasteiger partial charge in [-0.3, -0.25) is 19.2 Å². The number of rotatable bonds is 11. The van der Waals surface area contributed by atoms with Gasteiger partial charge in [0.1, 0.15) is 0 Å². The van der Waals surface area contributed by atoms with Crippen LogP contribution in [0, 0.1) is 47.3 Å². The highest BCUT2D eigenvalue weighted by Gasteiger charge is 2.71. The summed E-state index contributed by atoms with van der Waals surface area (Å²) in [5.74, 6) is -1.94.